The number of halogens is 3. The number of hydrogen-bond acceptors (Lipinski definition) is 5. The molecule has 0 aromatic carbocycles. The number of rotatable bonds is 6. The van der Waals surface area contributed by atoms with Crippen LogP contribution in [0, 0.1) is 6.92 Å². The van der Waals surface area contributed by atoms with Gasteiger partial charge in [-0.2, -0.15) is 13.2 Å². The Hall–Kier alpha value is -2.06. The van der Waals surface area contributed by atoms with Crippen molar-refractivity contribution in [2.45, 2.75) is 32.4 Å². The van der Waals surface area contributed by atoms with E-state index in [1.54, 1.807) is 6.92 Å². The number of anilines is 2. The molecule has 1 aliphatic rings. The van der Waals surface area contributed by atoms with Crippen LogP contribution >= 0.6 is 0 Å². The van der Waals surface area contributed by atoms with E-state index in [0.717, 1.165) is 31.7 Å². The Bertz CT molecular complexity index is 544. The van der Waals surface area contributed by atoms with Crippen molar-refractivity contribution < 1.29 is 18.0 Å². The lowest BCUT2D eigenvalue weighted by atomic mass is 10.4. The maximum Gasteiger partial charge on any atom is 0.397 e. The Morgan fingerprint density at radius 2 is 1.96 bits per heavy atom. The minimum absolute atomic E-state index is 0.0943. The summed E-state index contributed by atoms with van der Waals surface area (Å²) in [6.45, 7) is 4.10. The molecule has 0 radical (unpaired) electrons. The first-order valence-electron chi connectivity index (χ1n) is 7.51. The van der Waals surface area contributed by atoms with Crippen LogP contribution in [-0.4, -0.2) is 48.2 Å². The fourth-order valence-electron chi connectivity index (χ4n) is 2.39. The third kappa shape index (κ3) is 5.91. The Balaban J connectivity index is 1.80. The molecule has 9 heteroatoms. The zero-order valence-electron chi connectivity index (χ0n) is 12.9. The molecule has 0 bridgehead atoms. The van der Waals surface area contributed by atoms with E-state index in [-0.39, 0.29) is 6.54 Å². The monoisotopic (exact) mass is 331 g/mol. The first-order chi connectivity index (χ1) is 10.8. The highest BCUT2D eigenvalue weighted by molar-refractivity contribution is 5.76. The molecule has 0 atom stereocenters. The number of alkyl halides is 3. The van der Waals surface area contributed by atoms with Crippen molar-refractivity contribution in [3.8, 4) is 0 Å². The van der Waals surface area contributed by atoms with Gasteiger partial charge in [-0.15, -0.1) is 0 Å². The van der Waals surface area contributed by atoms with Crippen LogP contribution < -0.4 is 15.5 Å². The number of hydrogen-bond donors (Lipinski definition) is 2. The molecular formula is C14H20F3N5O. The second kappa shape index (κ2) is 7.47. The van der Waals surface area contributed by atoms with Crippen molar-refractivity contribution in [3.05, 3.63) is 11.9 Å². The minimum atomic E-state index is -4.48. The van der Waals surface area contributed by atoms with Crippen molar-refractivity contribution in [2.75, 3.05) is 36.4 Å². The van der Waals surface area contributed by atoms with Crippen molar-refractivity contribution in [3.63, 3.8) is 0 Å². The quantitative estimate of drug-likeness (QED) is 0.779. The standard InChI is InChI=1S/C14H20F3N5O/c1-10-20-11(8-12(21-10)22-6-2-3-7-22)18-4-5-19-13(23)9-14(15,16)17/h8H,2-7,9H2,1H3,(H,19,23)(H,18,20,21). The SMILES string of the molecule is Cc1nc(NCCNC(=O)CC(F)(F)F)cc(N2CCCC2)n1. The fraction of sp³-hybridized carbons (Fsp3) is 0.643. The van der Waals surface area contributed by atoms with Crippen molar-refractivity contribution in [1.82, 2.24) is 15.3 Å². The molecule has 2 N–H and O–H groups in total. The molecule has 1 fully saturated rings. The smallest absolute Gasteiger partial charge is 0.368 e. The second-order valence-corrected chi connectivity index (χ2v) is 5.42. The predicted molar refractivity (Wildman–Crippen MR) is 80.4 cm³/mol. The number of carbonyl (C=O) groups excluding carboxylic acids is 1. The average Bonchev–Trinajstić information content (AvgIpc) is 2.95. The summed E-state index contributed by atoms with van der Waals surface area (Å²) in [7, 11) is 0. The van der Waals surface area contributed by atoms with Gasteiger partial charge in [0.2, 0.25) is 5.91 Å². The summed E-state index contributed by atoms with van der Waals surface area (Å²) in [5.41, 5.74) is 0. The molecule has 128 valence electrons. The van der Waals surface area contributed by atoms with Gasteiger partial charge < -0.3 is 15.5 Å². The number of aromatic nitrogens is 2. The number of amides is 1. The van der Waals surface area contributed by atoms with E-state index >= 15 is 0 Å². The molecular weight excluding hydrogens is 311 g/mol. The highest BCUT2D eigenvalue weighted by Crippen LogP contribution is 2.20. The van der Waals surface area contributed by atoms with Crippen molar-refractivity contribution in [2.24, 2.45) is 0 Å². The van der Waals surface area contributed by atoms with E-state index in [1.165, 1.54) is 0 Å². The molecule has 0 spiro atoms. The van der Waals surface area contributed by atoms with E-state index in [9.17, 15) is 18.0 Å². The first-order valence-corrected chi connectivity index (χ1v) is 7.51. The summed E-state index contributed by atoms with van der Waals surface area (Å²) in [5, 5.41) is 5.21. The Morgan fingerprint density at radius 1 is 1.26 bits per heavy atom. The lowest BCUT2D eigenvalue weighted by Gasteiger charge is -2.17. The third-order valence-corrected chi connectivity index (χ3v) is 3.37. The van der Waals surface area contributed by atoms with E-state index in [1.807, 2.05) is 6.07 Å². The minimum Gasteiger partial charge on any atom is -0.368 e. The van der Waals surface area contributed by atoms with E-state index < -0.39 is 18.5 Å². The number of nitrogens with one attached hydrogen (secondary N) is 2. The van der Waals surface area contributed by atoms with Crippen LogP contribution in [0.5, 0.6) is 0 Å². The lowest BCUT2D eigenvalue weighted by Crippen LogP contribution is -2.32. The van der Waals surface area contributed by atoms with Crippen LogP contribution in [0.4, 0.5) is 24.8 Å². The Morgan fingerprint density at radius 3 is 2.61 bits per heavy atom. The number of carbonyl (C=O) groups is 1. The molecule has 2 heterocycles. The fourth-order valence-corrected chi connectivity index (χ4v) is 2.39. The molecule has 2 rings (SSSR count). The highest BCUT2D eigenvalue weighted by atomic mass is 19.4. The summed E-state index contributed by atoms with van der Waals surface area (Å²) < 4.78 is 36.1. The van der Waals surface area contributed by atoms with Crippen molar-refractivity contribution >= 4 is 17.5 Å². The van der Waals surface area contributed by atoms with E-state index in [0.29, 0.717) is 18.2 Å². The Labute approximate surface area is 132 Å². The van der Waals surface area contributed by atoms with Crippen LogP contribution in [0.25, 0.3) is 0 Å². The summed E-state index contributed by atoms with van der Waals surface area (Å²) in [6.07, 6.45) is -3.67. The maximum absolute atomic E-state index is 12.0. The van der Waals surface area contributed by atoms with Gasteiger partial charge in [-0.25, -0.2) is 9.97 Å². The molecule has 6 nitrogen and oxygen atoms in total. The van der Waals surface area contributed by atoms with Gasteiger partial charge in [-0.05, 0) is 19.8 Å². The molecule has 1 aromatic rings. The van der Waals surface area contributed by atoms with Gasteiger partial charge in [0, 0.05) is 32.2 Å². The first kappa shape index (κ1) is 17.3. The zero-order valence-corrected chi connectivity index (χ0v) is 12.9. The molecule has 1 saturated heterocycles. The number of nitrogens with zero attached hydrogens (tertiary/aromatic N) is 3. The molecule has 0 unspecified atom stereocenters. The molecule has 23 heavy (non-hydrogen) atoms. The van der Waals surface area contributed by atoms with Crippen molar-refractivity contribution in [1.29, 1.82) is 0 Å². The van der Waals surface area contributed by atoms with Gasteiger partial charge in [0.1, 0.15) is 23.9 Å². The van der Waals surface area contributed by atoms with Crippen LogP contribution in [0.2, 0.25) is 0 Å². The van der Waals surface area contributed by atoms with Gasteiger partial charge in [0.25, 0.3) is 0 Å². The van der Waals surface area contributed by atoms with Gasteiger partial charge in [-0.3, -0.25) is 4.79 Å². The number of aryl methyl sites for hydroxylation is 1. The van der Waals surface area contributed by atoms with Gasteiger partial charge in [-0.1, -0.05) is 0 Å². The van der Waals surface area contributed by atoms with E-state index in [4.69, 9.17) is 0 Å². The van der Waals surface area contributed by atoms with Gasteiger partial charge in [0.15, 0.2) is 0 Å². The molecule has 0 saturated carbocycles. The zero-order chi connectivity index (χ0) is 16.9. The topological polar surface area (TPSA) is 70.2 Å². The van der Waals surface area contributed by atoms with Crippen LogP contribution in [0.15, 0.2) is 6.07 Å². The lowest BCUT2D eigenvalue weighted by molar-refractivity contribution is -0.153. The van der Waals surface area contributed by atoms with Crippen LogP contribution in [0.1, 0.15) is 25.1 Å². The second-order valence-electron chi connectivity index (χ2n) is 5.42. The molecule has 1 aliphatic heterocycles. The maximum atomic E-state index is 12.0. The van der Waals surface area contributed by atoms with Gasteiger partial charge in [0.05, 0.1) is 0 Å². The summed E-state index contributed by atoms with van der Waals surface area (Å²) in [5.74, 6) is 1.04. The third-order valence-electron chi connectivity index (χ3n) is 3.37. The average molecular weight is 331 g/mol. The molecule has 1 aromatic heterocycles. The summed E-state index contributed by atoms with van der Waals surface area (Å²) in [6, 6.07) is 1.82. The highest BCUT2D eigenvalue weighted by Gasteiger charge is 2.30. The van der Waals surface area contributed by atoms with E-state index in [2.05, 4.69) is 25.5 Å². The summed E-state index contributed by atoms with van der Waals surface area (Å²) in [4.78, 5) is 21.9. The largest absolute Gasteiger partial charge is 0.397 e. The van der Waals surface area contributed by atoms with Crippen LogP contribution in [0.3, 0.4) is 0 Å². The van der Waals surface area contributed by atoms with Crippen LogP contribution in [-0.2, 0) is 4.79 Å². The molecule has 1 amide bonds. The molecule has 0 aliphatic carbocycles. The normalized spacial score (nSPS) is 14.9. The van der Waals surface area contributed by atoms with Gasteiger partial charge >= 0.3 is 6.18 Å². The predicted octanol–water partition coefficient (Wildman–Crippen LogP) is 1.87. The Kier molecular flexibility index (Phi) is 5.62. The summed E-state index contributed by atoms with van der Waals surface area (Å²) >= 11 is 0.